The van der Waals surface area contributed by atoms with Crippen molar-refractivity contribution in [1.29, 1.82) is 0 Å². The summed E-state index contributed by atoms with van der Waals surface area (Å²) in [6.45, 7) is 1.32. The minimum absolute atomic E-state index is 0.0405. The molecular weight excluding hydrogens is 470 g/mol. The van der Waals surface area contributed by atoms with Crippen LogP contribution in [-0.2, 0) is 22.8 Å². The van der Waals surface area contributed by atoms with Gasteiger partial charge in [-0.05, 0) is 49.4 Å². The van der Waals surface area contributed by atoms with Crippen molar-refractivity contribution in [2.24, 2.45) is 0 Å². The summed E-state index contributed by atoms with van der Waals surface area (Å²) in [5.41, 5.74) is -0.737. The molecule has 3 aromatic rings. The largest absolute Gasteiger partial charge is 0.489 e. The fraction of sp³-hybridized carbons (Fsp3) is 0.182. The molecule has 0 bridgehead atoms. The Hall–Kier alpha value is -2.78. The molecule has 0 aliphatic rings. The van der Waals surface area contributed by atoms with Gasteiger partial charge in [0.05, 0.1) is 21.2 Å². The van der Waals surface area contributed by atoms with Gasteiger partial charge in [0.1, 0.15) is 18.2 Å². The zero-order valence-electron chi connectivity index (χ0n) is 16.7. The second kappa shape index (κ2) is 9.38. The van der Waals surface area contributed by atoms with Crippen molar-refractivity contribution in [3.05, 3.63) is 88.7 Å². The van der Waals surface area contributed by atoms with Crippen LogP contribution in [0.5, 0.6) is 5.75 Å². The summed E-state index contributed by atoms with van der Waals surface area (Å²) in [7, 11) is -4.29. The molecule has 0 unspecified atom stereocenters. The molecule has 0 aromatic heterocycles. The van der Waals surface area contributed by atoms with Crippen LogP contribution >= 0.6 is 11.6 Å². The first kappa shape index (κ1) is 23.9. The molecule has 4 nitrogen and oxygen atoms in total. The molecule has 3 aromatic carbocycles. The van der Waals surface area contributed by atoms with E-state index in [1.54, 1.807) is 13.0 Å². The smallest absolute Gasteiger partial charge is 0.416 e. The van der Waals surface area contributed by atoms with Crippen LogP contribution in [0.25, 0.3) is 0 Å². The molecule has 0 saturated carbocycles. The first-order valence-corrected chi connectivity index (χ1v) is 11.2. The minimum atomic E-state index is -4.68. The van der Waals surface area contributed by atoms with Crippen LogP contribution in [0.2, 0.25) is 5.02 Å². The van der Waals surface area contributed by atoms with Gasteiger partial charge in [-0.15, -0.1) is 0 Å². The van der Waals surface area contributed by atoms with Crippen LogP contribution in [0.3, 0.4) is 0 Å². The first-order chi connectivity index (χ1) is 15.0. The van der Waals surface area contributed by atoms with E-state index in [-0.39, 0.29) is 35.2 Å². The fourth-order valence-corrected chi connectivity index (χ4v) is 4.74. The maximum Gasteiger partial charge on any atom is 0.416 e. The third-order valence-electron chi connectivity index (χ3n) is 4.59. The molecule has 0 radical (unpaired) electrons. The molecular formula is C22H18ClF4NO3S. The van der Waals surface area contributed by atoms with Gasteiger partial charge in [0.15, 0.2) is 0 Å². The lowest BCUT2D eigenvalue weighted by atomic mass is 10.2. The lowest BCUT2D eigenvalue weighted by Gasteiger charge is -2.24. The van der Waals surface area contributed by atoms with E-state index in [0.29, 0.717) is 6.07 Å². The Morgan fingerprint density at radius 2 is 1.69 bits per heavy atom. The molecule has 10 heteroatoms. The number of nitrogens with zero attached hydrogens (tertiary/aromatic N) is 1. The number of benzene rings is 3. The third kappa shape index (κ3) is 5.16. The van der Waals surface area contributed by atoms with Crippen molar-refractivity contribution in [3.8, 4) is 5.75 Å². The van der Waals surface area contributed by atoms with Crippen LogP contribution in [0.4, 0.5) is 23.2 Å². The normalized spacial score (nSPS) is 11.9. The third-order valence-corrected chi connectivity index (χ3v) is 6.84. The number of rotatable bonds is 7. The molecule has 0 saturated heterocycles. The summed E-state index contributed by atoms with van der Waals surface area (Å²) in [5, 5.41) is 0.184. The number of sulfonamides is 1. The average Bonchev–Trinajstić information content (AvgIpc) is 2.73. The second-order valence-electron chi connectivity index (χ2n) is 6.68. The van der Waals surface area contributed by atoms with Gasteiger partial charge in [-0.25, -0.2) is 12.8 Å². The molecule has 0 heterocycles. The summed E-state index contributed by atoms with van der Waals surface area (Å²) < 4.78 is 85.7. The van der Waals surface area contributed by atoms with Crippen LogP contribution in [0.1, 0.15) is 18.1 Å². The van der Waals surface area contributed by atoms with E-state index in [9.17, 15) is 26.0 Å². The summed E-state index contributed by atoms with van der Waals surface area (Å²) in [4.78, 5) is -0.487. The molecule has 0 atom stereocenters. The van der Waals surface area contributed by atoms with Crippen molar-refractivity contribution in [2.45, 2.75) is 24.6 Å². The zero-order valence-corrected chi connectivity index (χ0v) is 18.3. The lowest BCUT2D eigenvalue weighted by Crippen LogP contribution is -2.31. The highest BCUT2D eigenvalue weighted by Gasteiger charge is 2.33. The standard InChI is InChI=1S/C22H18ClF4NO3S/c1-2-28(32(29,30)18-9-3-6-15(12-18)22(25,26)27)16-7-4-8-17(13-16)31-14-19-20(23)10-5-11-21(19)24/h3-13H,2,14H2,1H3. The topological polar surface area (TPSA) is 46.6 Å². The molecule has 0 spiro atoms. The van der Waals surface area contributed by atoms with Gasteiger partial charge in [0.2, 0.25) is 0 Å². The van der Waals surface area contributed by atoms with Gasteiger partial charge in [0, 0.05) is 18.2 Å². The molecule has 0 N–H and O–H groups in total. The Kier molecular flexibility index (Phi) is 7.00. The van der Waals surface area contributed by atoms with Crippen molar-refractivity contribution >= 4 is 27.3 Å². The van der Waals surface area contributed by atoms with Crippen LogP contribution < -0.4 is 9.04 Å². The van der Waals surface area contributed by atoms with Crippen molar-refractivity contribution in [3.63, 3.8) is 0 Å². The average molecular weight is 488 g/mol. The highest BCUT2D eigenvalue weighted by Crippen LogP contribution is 2.33. The molecule has 0 aliphatic heterocycles. The predicted molar refractivity (Wildman–Crippen MR) is 114 cm³/mol. The van der Waals surface area contributed by atoms with E-state index < -0.39 is 32.5 Å². The van der Waals surface area contributed by atoms with Gasteiger partial charge in [0.25, 0.3) is 10.0 Å². The highest BCUT2D eigenvalue weighted by molar-refractivity contribution is 7.92. The van der Waals surface area contributed by atoms with Crippen LogP contribution in [-0.4, -0.2) is 15.0 Å². The van der Waals surface area contributed by atoms with E-state index in [0.717, 1.165) is 22.5 Å². The predicted octanol–water partition coefficient (Wildman–Crippen LogP) is 6.29. The summed E-state index contributed by atoms with van der Waals surface area (Å²) >= 11 is 5.98. The SMILES string of the molecule is CCN(c1cccc(OCc2c(F)cccc2Cl)c1)S(=O)(=O)c1cccc(C(F)(F)F)c1. The van der Waals surface area contributed by atoms with Crippen molar-refractivity contribution in [2.75, 3.05) is 10.8 Å². The highest BCUT2D eigenvalue weighted by atomic mass is 35.5. The van der Waals surface area contributed by atoms with E-state index >= 15 is 0 Å². The van der Waals surface area contributed by atoms with Crippen molar-refractivity contribution in [1.82, 2.24) is 0 Å². The molecule has 3 rings (SSSR count). The molecule has 0 aliphatic carbocycles. The van der Waals surface area contributed by atoms with E-state index in [1.165, 1.54) is 36.4 Å². The summed E-state index contributed by atoms with van der Waals surface area (Å²) in [6.07, 6.45) is -4.68. The minimum Gasteiger partial charge on any atom is -0.489 e. The maximum atomic E-state index is 13.9. The number of alkyl halides is 3. The van der Waals surface area contributed by atoms with Gasteiger partial charge >= 0.3 is 6.18 Å². The molecule has 32 heavy (non-hydrogen) atoms. The number of hydrogen-bond donors (Lipinski definition) is 0. The Labute approximate surface area is 188 Å². The van der Waals surface area contributed by atoms with Gasteiger partial charge in [-0.3, -0.25) is 4.31 Å². The quantitative estimate of drug-likeness (QED) is 0.368. The number of anilines is 1. The summed E-state index contributed by atoms with van der Waals surface area (Å²) in [6, 6.07) is 13.7. The number of ether oxygens (including phenoxy) is 1. The number of halogens is 5. The first-order valence-electron chi connectivity index (χ1n) is 9.39. The van der Waals surface area contributed by atoms with Gasteiger partial charge in [-0.2, -0.15) is 13.2 Å². The number of hydrogen-bond acceptors (Lipinski definition) is 3. The van der Waals surface area contributed by atoms with E-state index in [1.807, 2.05) is 0 Å². The second-order valence-corrected chi connectivity index (χ2v) is 8.95. The van der Waals surface area contributed by atoms with Gasteiger partial charge < -0.3 is 4.74 Å². The molecule has 170 valence electrons. The fourth-order valence-electron chi connectivity index (χ4n) is 3.01. The molecule has 0 amide bonds. The van der Waals surface area contributed by atoms with Crippen LogP contribution in [0, 0.1) is 5.82 Å². The van der Waals surface area contributed by atoms with E-state index in [4.69, 9.17) is 16.3 Å². The zero-order chi connectivity index (χ0) is 23.5. The maximum absolute atomic E-state index is 13.9. The van der Waals surface area contributed by atoms with E-state index in [2.05, 4.69) is 0 Å². The van der Waals surface area contributed by atoms with Crippen LogP contribution in [0.15, 0.2) is 71.6 Å². The Morgan fingerprint density at radius 3 is 2.34 bits per heavy atom. The Bertz CT molecular complexity index is 1200. The molecule has 0 fully saturated rings. The van der Waals surface area contributed by atoms with Gasteiger partial charge in [-0.1, -0.05) is 29.8 Å². The monoisotopic (exact) mass is 487 g/mol. The summed E-state index contributed by atoms with van der Waals surface area (Å²) in [5.74, 6) is -0.310. The van der Waals surface area contributed by atoms with Crippen molar-refractivity contribution < 1.29 is 30.7 Å². The Balaban J connectivity index is 1.89. The lowest BCUT2D eigenvalue weighted by molar-refractivity contribution is -0.137. The Morgan fingerprint density at radius 1 is 1.00 bits per heavy atom.